The van der Waals surface area contributed by atoms with Crippen molar-refractivity contribution in [3.63, 3.8) is 0 Å². The van der Waals surface area contributed by atoms with Gasteiger partial charge in [0.25, 0.3) is 0 Å². The second-order valence-electron chi connectivity index (χ2n) is 7.00. The number of fused-ring (bicyclic) bond motifs is 1. The average molecular weight is 380 g/mol. The van der Waals surface area contributed by atoms with Crippen molar-refractivity contribution >= 4 is 34.1 Å². The fourth-order valence-electron chi connectivity index (χ4n) is 3.40. The highest BCUT2D eigenvalue weighted by molar-refractivity contribution is 6.30. The molecule has 2 aromatic carbocycles. The van der Waals surface area contributed by atoms with Crippen molar-refractivity contribution in [2.45, 2.75) is 31.8 Å². The number of aromatic nitrogens is 1. The normalized spacial score (nSPS) is 13.9. The van der Waals surface area contributed by atoms with Crippen molar-refractivity contribution < 1.29 is 4.79 Å². The summed E-state index contributed by atoms with van der Waals surface area (Å²) in [6, 6.07) is 18.8. The van der Waals surface area contributed by atoms with E-state index >= 15 is 0 Å². The summed E-state index contributed by atoms with van der Waals surface area (Å²) < 4.78 is 0. The van der Waals surface area contributed by atoms with Gasteiger partial charge in [0, 0.05) is 36.8 Å². The first kappa shape index (κ1) is 18.0. The van der Waals surface area contributed by atoms with Gasteiger partial charge in [-0.25, -0.2) is 4.98 Å². The van der Waals surface area contributed by atoms with Crippen LogP contribution in [-0.2, 0) is 11.3 Å². The minimum Gasteiger partial charge on any atom is -0.311 e. The molecule has 1 N–H and O–H groups in total. The number of carbonyl (C=O) groups is 1. The van der Waals surface area contributed by atoms with Gasteiger partial charge in [0.05, 0.1) is 0 Å². The standard InChI is InChI=1S/C22H22ClN3O/c23-18-10-12-24-21(14-18)25-22(27)11-13-26(19-8-9-19)15-17-6-3-5-16-4-1-2-7-20(16)17/h1-7,10,12,14,19H,8-9,11,13,15H2,(H,24,25,27). The van der Waals surface area contributed by atoms with Gasteiger partial charge < -0.3 is 5.32 Å². The lowest BCUT2D eigenvalue weighted by Crippen LogP contribution is -2.29. The monoisotopic (exact) mass is 379 g/mol. The summed E-state index contributed by atoms with van der Waals surface area (Å²) in [7, 11) is 0. The molecule has 0 aliphatic heterocycles. The highest BCUT2D eigenvalue weighted by atomic mass is 35.5. The first-order chi connectivity index (χ1) is 13.2. The predicted octanol–water partition coefficient (Wildman–Crippen LogP) is 4.88. The van der Waals surface area contributed by atoms with Crippen LogP contribution in [-0.4, -0.2) is 28.4 Å². The summed E-state index contributed by atoms with van der Waals surface area (Å²) in [5, 5.41) is 5.95. The first-order valence-electron chi connectivity index (χ1n) is 9.31. The lowest BCUT2D eigenvalue weighted by Gasteiger charge is -2.22. The summed E-state index contributed by atoms with van der Waals surface area (Å²) in [6.45, 7) is 1.61. The number of hydrogen-bond donors (Lipinski definition) is 1. The third-order valence-electron chi connectivity index (χ3n) is 4.93. The summed E-state index contributed by atoms with van der Waals surface area (Å²) >= 11 is 5.94. The fourth-order valence-corrected chi connectivity index (χ4v) is 3.56. The van der Waals surface area contributed by atoms with E-state index < -0.39 is 0 Å². The molecule has 1 amide bonds. The van der Waals surface area contributed by atoms with Gasteiger partial charge in [0.1, 0.15) is 5.82 Å². The van der Waals surface area contributed by atoms with E-state index in [0.717, 1.165) is 13.1 Å². The molecule has 1 aliphatic carbocycles. The quantitative estimate of drug-likeness (QED) is 0.636. The Hall–Kier alpha value is -2.43. The van der Waals surface area contributed by atoms with Gasteiger partial charge in [-0.05, 0) is 41.3 Å². The Morgan fingerprint density at radius 2 is 1.96 bits per heavy atom. The van der Waals surface area contributed by atoms with Crippen LogP contribution in [0.5, 0.6) is 0 Å². The molecule has 27 heavy (non-hydrogen) atoms. The van der Waals surface area contributed by atoms with E-state index in [1.807, 2.05) is 0 Å². The second kappa shape index (κ2) is 8.07. The van der Waals surface area contributed by atoms with Crippen LogP contribution in [0.2, 0.25) is 5.02 Å². The van der Waals surface area contributed by atoms with Crippen LogP contribution < -0.4 is 5.32 Å². The molecule has 0 unspecified atom stereocenters. The molecule has 0 spiro atoms. The number of pyridine rings is 1. The van der Waals surface area contributed by atoms with Crippen LogP contribution in [0, 0.1) is 0 Å². The van der Waals surface area contributed by atoms with Gasteiger partial charge in [-0.1, -0.05) is 54.1 Å². The summed E-state index contributed by atoms with van der Waals surface area (Å²) in [6.07, 6.45) is 4.45. The largest absolute Gasteiger partial charge is 0.311 e. The number of rotatable bonds is 7. The Bertz CT molecular complexity index is 950. The van der Waals surface area contributed by atoms with Crippen LogP contribution in [0.1, 0.15) is 24.8 Å². The molecule has 1 heterocycles. The molecule has 1 saturated carbocycles. The van der Waals surface area contributed by atoms with Crippen LogP contribution >= 0.6 is 11.6 Å². The Labute approximate surface area is 164 Å². The van der Waals surface area contributed by atoms with Gasteiger partial charge in [-0.15, -0.1) is 0 Å². The summed E-state index contributed by atoms with van der Waals surface area (Å²) in [5.41, 5.74) is 1.32. The van der Waals surface area contributed by atoms with E-state index in [0.29, 0.717) is 23.3 Å². The number of halogens is 1. The molecular formula is C22H22ClN3O. The molecule has 0 radical (unpaired) electrons. The topological polar surface area (TPSA) is 45.2 Å². The predicted molar refractivity (Wildman–Crippen MR) is 110 cm³/mol. The maximum Gasteiger partial charge on any atom is 0.226 e. The van der Waals surface area contributed by atoms with Gasteiger partial charge in [0.2, 0.25) is 5.91 Å². The Morgan fingerprint density at radius 1 is 1.15 bits per heavy atom. The zero-order valence-electron chi connectivity index (χ0n) is 15.1. The highest BCUT2D eigenvalue weighted by Gasteiger charge is 2.29. The van der Waals surface area contributed by atoms with E-state index in [4.69, 9.17) is 11.6 Å². The van der Waals surface area contributed by atoms with E-state index in [9.17, 15) is 4.79 Å². The first-order valence-corrected chi connectivity index (χ1v) is 9.69. The number of carbonyl (C=O) groups excluding carboxylic acids is 1. The lowest BCUT2D eigenvalue weighted by molar-refractivity contribution is -0.116. The zero-order valence-corrected chi connectivity index (χ0v) is 15.8. The van der Waals surface area contributed by atoms with Crippen LogP contribution in [0.3, 0.4) is 0 Å². The van der Waals surface area contributed by atoms with E-state index in [-0.39, 0.29) is 5.91 Å². The molecule has 1 aliphatic rings. The van der Waals surface area contributed by atoms with E-state index in [1.165, 1.54) is 29.2 Å². The maximum atomic E-state index is 12.3. The molecule has 138 valence electrons. The average Bonchev–Trinajstić information content (AvgIpc) is 3.50. The molecule has 0 saturated heterocycles. The molecule has 1 fully saturated rings. The van der Waals surface area contributed by atoms with E-state index in [1.54, 1.807) is 18.3 Å². The van der Waals surface area contributed by atoms with Crippen molar-refractivity contribution in [1.82, 2.24) is 9.88 Å². The number of anilines is 1. The number of benzene rings is 2. The van der Waals surface area contributed by atoms with Crippen LogP contribution in [0.4, 0.5) is 5.82 Å². The van der Waals surface area contributed by atoms with Crippen molar-refractivity contribution in [2.24, 2.45) is 0 Å². The Morgan fingerprint density at radius 3 is 2.78 bits per heavy atom. The third kappa shape index (κ3) is 4.65. The second-order valence-corrected chi connectivity index (χ2v) is 7.43. The van der Waals surface area contributed by atoms with Crippen molar-refractivity contribution in [3.05, 3.63) is 71.4 Å². The molecule has 0 bridgehead atoms. The third-order valence-corrected chi connectivity index (χ3v) is 5.17. The fraction of sp³-hybridized carbons (Fsp3) is 0.273. The number of nitrogens with zero attached hydrogens (tertiary/aromatic N) is 2. The minimum atomic E-state index is -0.0339. The zero-order chi connectivity index (χ0) is 18.6. The van der Waals surface area contributed by atoms with Gasteiger partial charge in [-0.3, -0.25) is 9.69 Å². The summed E-state index contributed by atoms with van der Waals surface area (Å²) in [5.74, 6) is 0.466. The number of nitrogens with one attached hydrogen (secondary N) is 1. The Kier molecular flexibility index (Phi) is 5.37. The lowest BCUT2D eigenvalue weighted by atomic mass is 10.0. The number of amides is 1. The van der Waals surface area contributed by atoms with Gasteiger partial charge >= 0.3 is 0 Å². The van der Waals surface area contributed by atoms with Gasteiger partial charge in [-0.2, -0.15) is 0 Å². The molecule has 4 rings (SSSR count). The van der Waals surface area contributed by atoms with Gasteiger partial charge in [0.15, 0.2) is 0 Å². The number of hydrogen-bond acceptors (Lipinski definition) is 3. The van der Waals surface area contributed by atoms with Crippen LogP contribution in [0.25, 0.3) is 10.8 Å². The van der Waals surface area contributed by atoms with Crippen LogP contribution in [0.15, 0.2) is 60.8 Å². The Balaban J connectivity index is 1.40. The minimum absolute atomic E-state index is 0.0339. The SMILES string of the molecule is O=C(CCN(Cc1cccc2ccccc12)C1CC1)Nc1cc(Cl)ccn1. The molecular weight excluding hydrogens is 358 g/mol. The highest BCUT2D eigenvalue weighted by Crippen LogP contribution is 2.30. The van der Waals surface area contributed by atoms with Crippen molar-refractivity contribution in [2.75, 3.05) is 11.9 Å². The molecule has 1 aromatic heterocycles. The smallest absolute Gasteiger partial charge is 0.226 e. The molecule has 5 heteroatoms. The summed E-state index contributed by atoms with van der Waals surface area (Å²) in [4.78, 5) is 18.9. The van der Waals surface area contributed by atoms with Crippen molar-refractivity contribution in [1.29, 1.82) is 0 Å². The maximum absolute atomic E-state index is 12.3. The molecule has 4 nitrogen and oxygen atoms in total. The van der Waals surface area contributed by atoms with E-state index in [2.05, 4.69) is 57.7 Å². The molecule has 0 atom stereocenters. The molecule has 3 aromatic rings. The van der Waals surface area contributed by atoms with Crippen molar-refractivity contribution in [3.8, 4) is 0 Å².